The summed E-state index contributed by atoms with van der Waals surface area (Å²) in [5.41, 5.74) is 0.498. The maximum absolute atomic E-state index is 3.75. The number of hydrogen-bond acceptors (Lipinski definition) is 1. The van der Waals surface area contributed by atoms with Gasteiger partial charge in [0.15, 0.2) is 0 Å². The second-order valence-corrected chi connectivity index (χ2v) is 7.10. The molecular formula is C15H29N. The van der Waals surface area contributed by atoms with Crippen molar-refractivity contribution in [1.29, 1.82) is 0 Å². The first kappa shape index (κ1) is 12.4. The molecular weight excluding hydrogens is 194 g/mol. The predicted octanol–water partition coefficient (Wildman–Crippen LogP) is 3.84. The van der Waals surface area contributed by atoms with Gasteiger partial charge in [-0.25, -0.2) is 0 Å². The second-order valence-electron chi connectivity index (χ2n) is 7.10. The van der Waals surface area contributed by atoms with Crippen LogP contribution in [0, 0.1) is 23.2 Å². The van der Waals surface area contributed by atoms with Gasteiger partial charge in [-0.15, -0.1) is 0 Å². The third-order valence-corrected chi connectivity index (χ3v) is 4.61. The molecule has 94 valence electrons. The zero-order valence-electron chi connectivity index (χ0n) is 11.6. The Balaban J connectivity index is 1.81. The van der Waals surface area contributed by atoms with Crippen molar-refractivity contribution in [2.75, 3.05) is 6.54 Å². The molecule has 3 unspecified atom stereocenters. The van der Waals surface area contributed by atoms with Crippen LogP contribution in [0.4, 0.5) is 0 Å². The molecule has 0 radical (unpaired) electrons. The molecule has 0 aliphatic heterocycles. The standard InChI is InChI=1S/C15H29N/c1-5-16-13(9-10-15(2,3)4)14-11-7-6-8-12(11)14/h11-14,16H,5-10H2,1-4H3. The normalized spacial score (nSPS) is 34.9. The summed E-state index contributed by atoms with van der Waals surface area (Å²) in [6.45, 7) is 10.5. The maximum Gasteiger partial charge on any atom is 0.0101 e. The summed E-state index contributed by atoms with van der Waals surface area (Å²) in [6, 6.07) is 0.819. The smallest absolute Gasteiger partial charge is 0.0101 e. The van der Waals surface area contributed by atoms with Crippen molar-refractivity contribution in [3.63, 3.8) is 0 Å². The first-order valence-corrected chi connectivity index (χ1v) is 7.26. The highest BCUT2D eigenvalue weighted by molar-refractivity contribution is 5.06. The summed E-state index contributed by atoms with van der Waals surface area (Å²) in [5.74, 6) is 3.24. The number of hydrogen-bond donors (Lipinski definition) is 1. The summed E-state index contributed by atoms with van der Waals surface area (Å²) in [4.78, 5) is 0. The molecule has 0 bridgehead atoms. The predicted molar refractivity (Wildman–Crippen MR) is 70.5 cm³/mol. The maximum atomic E-state index is 3.75. The Morgan fingerprint density at radius 1 is 1.19 bits per heavy atom. The van der Waals surface area contributed by atoms with Gasteiger partial charge in [0, 0.05) is 6.04 Å². The van der Waals surface area contributed by atoms with E-state index >= 15 is 0 Å². The molecule has 0 spiro atoms. The van der Waals surface area contributed by atoms with Crippen molar-refractivity contribution < 1.29 is 0 Å². The molecule has 0 amide bonds. The zero-order valence-corrected chi connectivity index (χ0v) is 11.6. The lowest BCUT2D eigenvalue weighted by atomic mass is 9.87. The van der Waals surface area contributed by atoms with Gasteiger partial charge in [0.1, 0.15) is 0 Å². The van der Waals surface area contributed by atoms with Crippen molar-refractivity contribution in [2.24, 2.45) is 23.2 Å². The van der Waals surface area contributed by atoms with E-state index < -0.39 is 0 Å². The van der Waals surface area contributed by atoms with E-state index in [1.54, 1.807) is 0 Å². The van der Waals surface area contributed by atoms with Crippen molar-refractivity contribution in [3.05, 3.63) is 0 Å². The highest BCUT2D eigenvalue weighted by atomic mass is 14.9. The van der Waals surface area contributed by atoms with E-state index in [9.17, 15) is 0 Å². The van der Waals surface area contributed by atoms with Gasteiger partial charge < -0.3 is 5.32 Å². The number of fused-ring (bicyclic) bond motifs is 1. The highest BCUT2D eigenvalue weighted by Crippen LogP contribution is 2.59. The van der Waals surface area contributed by atoms with Gasteiger partial charge in [-0.3, -0.25) is 0 Å². The minimum Gasteiger partial charge on any atom is -0.314 e. The average Bonchev–Trinajstić information content (AvgIpc) is 2.67. The van der Waals surface area contributed by atoms with E-state index in [-0.39, 0.29) is 0 Å². The molecule has 2 rings (SSSR count). The number of nitrogens with one attached hydrogen (secondary N) is 1. The van der Waals surface area contributed by atoms with Crippen LogP contribution < -0.4 is 5.32 Å². The Hall–Kier alpha value is -0.0400. The Morgan fingerprint density at radius 3 is 2.31 bits per heavy atom. The summed E-state index contributed by atoms with van der Waals surface area (Å²) in [6.07, 6.45) is 7.29. The monoisotopic (exact) mass is 223 g/mol. The minimum absolute atomic E-state index is 0.498. The van der Waals surface area contributed by atoms with E-state index in [4.69, 9.17) is 0 Å². The molecule has 16 heavy (non-hydrogen) atoms. The molecule has 1 N–H and O–H groups in total. The third-order valence-electron chi connectivity index (χ3n) is 4.61. The molecule has 1 nitrogen and oxygen atoms in total. The van der Waals surface area contributed by atoms with Crippen LogP contribution >= 0.6 is 0 Å². The minimum atomic E-state index is 0.498. The van der Waals surface area contributed by atoms with Crippen LogP contribution in [0.3, 0.4) is 0 Å². The lowest BCUT2D eigenvalue weighted by molar-refractivity contribution is 0.303. The van der Waals surface area contributed by atoms with Crippen LogP contribution in [0.2, 0.25) is 0 Å². The largest absolute Gasteiger partial charge is 0.314 e. The van der Waals surface area contributed by atoms with Gasteiger partial charge in [0.05, 0.1) is 0 Å². The first-order chi connectivity index (χ1) is 7.53. The van der Waals surface area contributed by atoms with E-state index in [1.807, 2.05) is 0 Å². The SMILES string of the molecule is CCNC(CCC(C)(C)C)C1C2CCCC21. The Morgan fingerprint density at radius 2 is 1.81 bits per heavy atom. The molecule has 0 heterocycles. The molecule has 0 aromatic heterocycles. The molecule has 0 aromatic carbocycles. The summed E-state index contributed by atoms with van der Waals surface area (Å²) >= 11 is 0. The highest BCUT2D eigenvalue weighted by Gasteiger charge is 2.55. The van der Waals surface area contributed by atoms with Gasteiger partial charge in [-0.1, -0.05) is 34.1 Å². The molecule has 2 aliphatic carbocycles. The number of rotatable bonds is 5. The molecule has 2 fully saturated rings. The van der Waals surface area contributed by atoms with Crippen molar-refractivity contribution in [3.8, 4) is 0 Å². The Labute approximate surface area is 101 Å². The molecule has 3 atom stereocenters. The van der Waals surface area contributed by atoms with E-state index in [0.717, 1.165) is 30.3 Å². The van der Waals surface area contributed by atoms with Crippen molar-refractivity contribution in [1.82, 2.24) is 5.32 Å². The lowest BCUT2D eigenvalue weighted by Crippen LogP contribution is -2.33. The summed E-state index contributed by atoms with van der Waals surface area (Å²) in [5, 5.41) is 3.75. The Kier molecular flexibility index (Phi) is 3.63. The molecule has 2 saturated carbocycles. The fraction of sp³-hybridized carbons (Fsp3) is 1.00. The topological polar surface area (TPSA) is 12.0 Å². The van der Waals surface area contributed by atoms with E-state index in [2.05, 4.69) is 33.0 Å². The van der Waals surface area contributed by atoms with Crippen LogP contribution in [-0.2, 0) is 0 Å². The fourth-order valence-electron chi connectivity index (χ4n) is 3.76. The average molecular weight is 223 g/mol. The van der Waals surface area contributed by atoms with E-state index in [0.29, 0.717) is 5.41 Å². The zero-order chi connectivity index (χ0) is 11.8. The van der Waals surface area contributed by atoms with Gasteiger partial charge in [-0.05, 0) is 55.4 Å². The van der Waals surface area contributed by atoms with Crippen LogP contribution in [0.1, 0.15) is 59.8 Å². The second kappa shape index (κ2) is 4.68. The quantitative estimate of drug-likeness (QED) is 0.747. The third kappa shape index (κ3) is 2.80. The lowest BCUT2D eigenvalue weighted by Gasteiger charge is -2.25. The fourth-order valence-corrected chi connectivity index (χ4v) is 3.76. The first-order valence-electron chi connectivity index (χ1n) is 7.26. The molecule has 0 saturated heterocycles. The van der Waals surface area contributed by atoms with Gasteiger partial charge in [0.2, 0.25) is 0 Å². The van der Waals surface area contributed by atoms with Crippen LogP contribution in [0.15, 0.2) is 0 Å². The summed E-state index contributed by atoms with van der Waals surface area (Å²) < 4.78 is 0. The van der Waals surface area contributed by atoms with Crippen LogP contribution in [-0.4, -0.2) is 12.6 Å². The van der Waals surface area contributed by atoms with Crippen molar-refractivity contribution in [2.45, 2.75) is 65.8 Å². The van der Waals surface area contributed by atoms with Crippen molar-refractivity contribution >= 4 is 0 Å². The van der Waals surface area contributed by atoms with Gasteiger partial charge in [-0.2, -0.15) is 0 Å². The molecule has 0 aromatic rings. The van der Waals surface area contributed by atoms with E-state index in [1.165, 1.54) is 32.1 Å². The molecule has 2 aliphatic rings. The Bertz CT molecular complexity index is 218. The van der Waals surface area contributed by atoms with Gasteiger partial charge >= 0.3 is 0 Å². The summed E-state index contributed by atoms with van der Waals surface area (Å²) in [7, 11) is 0. The van der Waals surface area contributed by atoms with Crippen LogP contribution in [0.5, 0.6) is 0 Å². The van der Waals surface area contributed by atoms with Gasteiger partial charge in [0.25, 0.3) is 0 Å². The molecule has 1 heteroatoms. The van der Waals surface area contributed by atoms with Crippen LogP contribution in [0.25, 0.3) is 0 Å².